The van der Waals surface area contributed by atoms with Crippen molar-refractivity contribution in [1.29, 1.82) is 0 Å². The van der Waals surface area contributed by atoms with Crippen LogP contribution in [0.3, 0.4) is 0 Å². The third kappa shape index (κ3) is 2.91. The van der Waals surface area contributed by atoms with Gasteiger partial charge in [-0.2, -0.15) is 0 Å². The molecule has 0 aliphatic heterocycles. The van der Waals surface area contributed by atoms with Gasteiger partial charge in [-0.05, 0) is 24.4 Å². The number of hydrogen-bond donors (Lipinski definition) is 1. The average Bonchev–Trinajstić information content (AvgIpc) is 2.86. The van der Waals surface area contributed by atoms with Crippen molar-refractivity contribution in [3.63, 3.8) is 0 Å². The lowest BCUT2D eigenvalue weighted by atomic mass is 9.91. The first-order chi connectivity index (χ1) is 8.39. The summed E-state index contributed by atoms with van der Waals surface area (Å²) in [5, 5.41) is 7.19. The Labute approximate surface area is 120 Å². The Morgan fingerprint density at radius 3 is 2.72 bits per heavy atom. The molecular formula is C12H18BrN3OS. The standard InChI is InChI=1S/C12H18BrN3OS/c1-12(2,3)10-9(18-16-15-10)11(17)14-8-6-4-5-7(8)13/h7-8H,4-6H2,1-3H3,(H,14,17). The quantitative estimate of drug-likeness (QED) is 0.848. The van der Waals surface area contributed by atoms with Gasteiger partial charge in [-0.1, -0.05) is 47.6 Å². The maximum atomic E-state index is 12.3. The zero-order valence-electron chi connectivity index (χ0n) is 10.9. The van der Waals surface area contributed by atoms with Crippen molar-refractivity contribution in [3.05, 3.63) is 10.6 Å². The van der Waals surface area contributed by atoms with Gasteiger partial charge in [-0.15, -0.1) is 5.10 Å². The zero-order valence-corrected chi connectivity index (χ0v) is 13.3. The summed E-state index contributed by atoms with van der Waals surface area (Å²) >= 11 is 4.79. The lowest BCUT2D eigenvalue weighted by Crippen LogP contribution is -2.38. The number of rotatable bonds is 2. The van der Waals surface area contributed by atoms with E-state index in [1.165, 1.54) is 11.5 Å². The zero-order chi connectivity index (χ0) is 13.3. The molecule has 1 aliphatic carbocycles. The molecule has 0 radical (unpaired) electrons. The van der Waals surface area contributed by atoms with E-state index in [0.29, 0.717) is 9.70 Å². The Balaban J connectivity index is 2.12. The van der Waals surface area contributed by atoms with Crippen LogP contribution in [0.1, 0.15) is 55.4 Å². The van der Waals surface area contributed by atoms with Crippen molar-refractivity contribution in [2.75, 3.05) is 0 Å². The molecule has 1 N–H and O–H groups in total. The molecule has 2 rings (SSSR count). The molecule has 1 saturated carbocycles. The number of nitrogens with zero attached hydrogens (tertiary/aromatic N) is 2. The summed E-state index contributed by atoms with van der Waals surface area (Å²) in [6, 6.07) is 0.229. The van der Waals surface area contributed by atoms with Crippen LogP contribution in [0.2, 0.25) is 0 Å². The van der Waals surface area contributed by atoms with Crippen LogP contribution >= 0.6 is 27.5 Å². The molecule has 1 amide bonds. The Bertz CT molecular complexity index is 441. The molecule has 1 aromatic rings. The molecular weight excluding hydrogens is 314 g/mol. The van der Waals surface area contributed by atoms with Gasteiger partial charge in [-0.25, -0.2) is 0 Å². The largest absolute Gasteiger partial charge is 0.347 e. The fourth-order valence-electron chi connectivity index (χ4n) is 2.14. The van der Waals surface area contributed by atoms with Crippen molar-refractivity contribution in [1.82, 2.24) is 14.9 Å². The van der Waals surface area contributed by atoms with Crippen LogP contribution in [0.15, 0.2) is 0 Å². The molecule has 4 nitrogen and oxygen atoms in total. The summed E-state index contributed by atoms with van der Waals surface area (Å²) in [7, 11) is 0. The summed E-state index contributed by atoms with van der Waals surface area (Å²) in [6.45, 7) is 6.14. The van der Waals surface area contributed by atoms with E-state index in [0.717, 1.165) is 25.0 Å². The second-order valence-electron chi connectivity index (χ2n) is 5.73. The van der Waals surface area contributed by atoms with Crippen LogP contribution in [-0.2, 0) is 5.41 Å². The molecule has 100 valence electrons. The summed E-state index contributed by atoms with van der Waals surface area (Å²) in [4.78, 5) is 13.3. The van der Waals surface area contributed by atoms with E-state index in [-0.39, 0.29) is 17.4 Å². The lowest BCUT2D eigenvalue weighted by molar-refractivity contribution is 0.0940. The molecule has 0 aromatic carbocycles. The number of aromatic nitrogens is 2. The number of carbonyl (C=O) groups is 1. The predicted octanol–water partition coefficient (Wildman–Crippen LogP) is 2.88. The highest BCUT2D eigenvalue weighted by Crippen LogP contribution is 2.28. The number of amides is 1. The van der Waals surface area contributed by atoms with Gasteiger partial charge in [0.25, 0.3) is 5.91 Å². The fraction of sp³-hybridized carbons (Fsp3) is 0.750. The molecule has 0 saturated heterocycles. The van der Waals surface area contributed by atoms with Gasteiger partial charge in [-0.3, -0.25) is 4.79 Å². The van der Waals surface area contributed by atoms with E-state index in [9.17, 15) is 4.79 Å². The van der Waals surface area contributed by atoms with Crippen molar-refractivity contribution < 1.29 is 4.79 Å². The van der Waals surface area contributed by atoms with Crippen LogP contribution in [-0.4, -0.2) is 26.4 Å². The SMILES string of the molecule is CC(C)(C)c1nnsc1C(=O)NC1CCCC1Br. The summed E-state index contributed by atoms with van der Waals surface area (Å²) in [5.74, 6) is -0.0359. The molecule has 1 aliphatic rings. The Morgan fingerprint density at radius 1 is 1.44 bits per heavy atom. The number of hydrogen-bond acceptors (Lipinski definition) is 4. The van der Waals surface area contributed by atoms with Gasteiger partial charge in [0.05, 0.1) is 5.69 Å². The first-order valence-electron chi connectivity index (χ1n) is 6.17. The molecule has 0 spiro atoms. The van der Waals surface area contributed by atoms with E-state index in [2.05, 4.69) is 30.8 Å². The third-order valence-corrected chi connectivity index (χ3v) is 4.97. The summed E-state index contributed by atoms with van der Waals surface area (Å²) < 4.78 is 3.92. The van der Waals surface area contributed by atoms with E-state index in [4.69, 9.17) is 0 Å². The van der Waals surface area contributed by atoms with Gasteiger partial charge in [0, 0.05) is 16.3 Å². The highest BCUT2D eigenvalue weighted by atomic mass is 79.9. The van der Waals surface area contributed by atoms with Gasteiger partial charge in [0.2, 0.25) is 0 Å². The number of halogens is 1. The maximum Gasteiger partial charge on any atom is 0.265 e. The third-order valence-electron chi connectivity index (χ3n) is 3.15. The highest BCUT2D eigenvalue weighted by molar-refractivity contribution is 9.09. The van der Waals surface area contributed by atoms with Gasteiger partial charge >= 0.3 is 0 Å². The molecule has 2 atom stereocenters. The van der Waals surface area contributed by atoms with E-state index >= 15 is 0 Å². The van der Waals surface area contributed by atoms with Crippen LogP contribution in [0.4, 0.5) is 0 Å². The predicted molar refractivity (Wildman–Crippen MR) is 76.4 cm³/mol. The molecule has 1 aromatic heterocycles. The maximum absolute atomic E-state index is 12.3. The Kier molecular flexibility index (Phi) is 4.06. The van der Waals surface area contributed by atoms with Gasteiger partial charge in [0.15, 0.2) is 0 Å². The highest BCUT2D eigenvalue weighted by Gasteiger charge is 2.30. The van der Waals surface area contributed by atoms with Gasteiger partial charge in [0.1, 0.15) is 4.88 Å². The van der Waals surface area contributed by atoms with Gasteiger partial charge < -0.3 is 5.32 Å². The van der Waals surface area contributed by atoms with E-state index in [1.807, 2.05) is 20.8 Å². The number of carbonyl (C=O) groups excluding carboxylic acids is 1. The first kappa shape index (κ1) is 13.9. The Hall–Kier alpha value is -0.490. The number of alkyl halides is 1. The minimum atomic E-state index is -0.150. The fourth-order valence-corrected chi connectivity index (χ4v) is 3.64. The van der Waals surface area contributed by atoms with Crippen molar-refractivity contribution in [3.8, 4) is 0 Å². The normalized spacial score (nSPS) is 24.2. The second kappa shape index (κ2) is 5.25. The summed E-state index contributed by atoms with van der Waals surface area (Å²) in [5.41, 5.74) is 0.637. The molecule has 18 heavy (non-hydrogen) atoms. The van der Waals surface area contributed by atoms with E-state index in [1.54, 1.807) is 0 Å². The second-order valence-corrected chi connectivity index (χ2v) is 7.66. The first-order valence-corrected chi connectivity index (χ1v) is 7.86. The molecule has 6 heteroatoms. The topological polar surface area (TPSA) is 54.9 Å². The minimum Gasteiger partial charge on any atom is -0.347 e. The van der Waals surface area contributed by atoms with Crippen molar-refractivity contribution in [2.24, 2.45) is 0 Å². The van der Waals surface area contributed by atoms with Crippen LogP contribution < -0.4 is 5.32 Å². The monoisotopic (exact) mass is 331 g/mol. The molecule has 1 fully saturated rings. The van der Waals surface area contributed by atoms with E-state index < -0.39 is 0 Å². The van der Waals surface area contributed by atoms with Crippen molar-refractivity contribution in [2.45, 2.75) is 56.3 Å². The molecule has 0 bridgehead atoms. The lowest BCUT2D eigenvalue weighted by Gasteiger charge is -2.19. The number of nitrogens with one attached hydrogen (secondary N) is 1. The summed E-state index contributed by atoms with van der Waals surface area (Å²) in [6.07, 6.45) is 3.32. The molecule has 1 heterocycles. The van der Waals surface area contributed by atoms with Crippen LogP contribution in [0, 0.1) is 0 Å². The minimum absolute atomic E-state index is 0.0359. The Morgan fingerprint density at radius 2 is 2.17 bits per heavy atom. The smallest absolute Gasteiger partial charge is 0.265 e. The van der Waals surface area contributed by atoms with Crippen LogP contribution in [0.5, 0.6) is 0 Å². The van der Waals surface area contributed by atoms with Crippen molar-refractivity contribution >= 4 is 33.4 Å². The molecule has 2 unspecified atom stereocenters. The van der Waals surface area contributed by atoms with Crippen LogP contribution in [0.25, 0.3) is 0 Å². The average molecular weight is 332 g/mol.